The van der Waals surface area contributed by atoms with Crippen LogP contribution in [0.2, 0.25) is 0 Å². The Morgan fingerprint density at radius 2 is 2.07 bits per heavy atom. The first-order chi connectivity index (χ1) is 13.1. The molecule has 1 aromatic carbocycles. The average Bonchev–Trinajstić information content (AvgIpc) is 3.11. The number of fused-ring (bicyclic) bond motifs is 1. The first-order valence-electron chi connectivity index (χ1n) is 8.99. The molecule has 1 amide bonds. The van der Waals surface area contributed by atoms with Crippen LogP contribution < -0.4 is 22.1 Å². The fourth-order valence-electron chi connectivity index (χ4n) is 3.38. The largest absolute Gasteiger partial charge is 0.365 e. The van der Waals surface area contributed by atoms with Crippen molar-refractivity contribution in [3.63, 3.8) is 0 Å². The molecule has 0 bridgehead atoms. The van der Waals surface area contributed by atoms with Gasteiger partial charge in [0, 0.05) is 29.4 Å². The molecule has 7 N–H and O–H groups in total. The minimum atomic E-state index is -0.596. The average molecular weight is 366 g/mol. The molecule has 4 rings (SSSR count). The molecule has 0 aliphatic heterocycles. The number of primary amides is 1. The fraction of sp³-hybridized carbons (Fsp3) is 0.333. The zero-order valence-electron chi connectivity index (χ0n) is 14.8. The Morgan fingerprint density at radius 1 is 1.22 bits per heavy atom. The van der Waals surface area contributed by atoms with Gasteiger partial charge in [-0.1, -0.05) is 12.8 Å². The van der Waals surface area contributed by atoms with Crippen LogP contribution in [0.5, 0.6) is 0 Å². The lowest BCUT2D eigenvalue weighted by atomic mass is 9.91. The van der Waals surface area contributed by atoms with E-state index in [9.17, 15) is 4.79 Å². The summed E-state index contributed by atoms with van der Waals surface area (Å²) >= 11 is 0. The number of carbonyl (C=O) groups is 1. The zero-order valence-corrected chi connectivity index (χ0v) is 14.8. The number of hydrogen-bond donors (Lipinski definition) is 5. The van der Waals surface area contributed by atoms with Gasteiger partial charge in [-0.15, -0.1) is 0 Å². The van der Waals surface area contributed by atoms with E-state index in [-0.39, 0.29) is 17.6 Å². The molecule has 1 aliphatic rings. The minimum Gasteiger partial charge on any atom is -0.365 e. The third-order valence-corrected chi connectivity index (χ3v) is 4.89. The van der Waals surface area contributed by atoms with Crippen LogP contribution in [-0.2, 0) is 0 Å². The minimum absolute atomic E-state index is 0.0670. The maximum absolute atomic E-state index is 11.8. The van der Waals surface area contributed by atoms with Gasteiger partial charge in [0.15, 0.2) is 0 Å². The second kappa shape index (κ2) is 7.20. The van der Waals surface area contributed by atoms with Gasteiger partial charge in [0.1, 0.15) is 11.4 Å². The van der Waals surface area contributed by atoms with Crippen LogP contribution in [0.3, 0.4) is 0 Å². The van der Waals surface area contributed by atoms with E-state index in [1.807, 2.05) is 18.2 Å². The number of benzene rings is 1. The number of anilines is 3. The lowest BCUT2D eigenvalue weighted by molar-refractivity contribution is 0.100. The zero-order chi connectivity index (χ0) is 18.8. The van der Waals surface area contributed by atoms with E-state index in [4.69, 9.17) is 11.5 Å². The predicted molar refractivity (Wildman–Crippen MR) is 104 cm³/mol. The Hall–Kier alpha value is -3.20. The molecular formula is C18H22N8O. The van der Waals surface area contributed by atoms with Gasteiger partial charge in [-0.2, -0.15) is 10.1 Å². The number of rotatable bonds is 5. The summed E-state index contributed by atoms with van der Waals surface area (Å²) in [5.41, 5.74) is 13.5. The fourth-order valence-corrected chi connectivity index (χ4v) is 3.38. The van der Waals surface area contributed by atoms with Crippen LogP contribution in [0.15, 0.2) is 30.6 Å². The molecule has 9 heteroatoms. The second-order valence-electron chi connectivity index (χ2n) is 6.82. The Kier molecular flexibility index (Phi) is 4.59. The molecule has 1 fully saturated rings. The predicted octanol–water partition coefficient (Wildman–Crippen LogP) is 1.88. The maximum Gasteiger partial charge on any atom is 0.254 e. The van der Waals surface area contributed by atoms with Crippen molar-refractivity contribution in [2.75, 3.05) is 10.6 Å². The highest BCUT2D eigenvalue weighted by molar-refractivity contribution is 5.98. The van der Waals surface area contributed by atoms with Gasteiger partial charge in [-0.25, -0.2) is 4.98 Å². The van der Waals surface area contributed by atoms with Crippen molar-refractivity contribution in [3.05, 3.63) is 36.2 Å². The molecule has 2 aromatic heterocycles. The number of hydrogen-bond acceptors (Lipinski definition) is 7. The van der Waals surface area contributed by atoms with Gasteiger partial charge in [0.2, 0.25) is 5.95 Å². The maximum atomic E-state index is 11.8. The smallest absolute Gasteiger partial charge is 0.254 e. The lowest BCUT2D eigenvalue weighted by Gasteiger charge is -2.29. The summed E-state index contributed by atoms with van der Waals surface area (Å²) in [6.45, 7) is 0. The number of aromatic nitrogens is 4. The van der Waals surface area contributed by atoms with Crippen molar-refractivity contribution in [2.24, 2.45) is 11.5 Å². The highest BCUT2D eigenvalue weighted by Crippen LogP contribution is 2.24. The summed E-state index contributed by atoms with van der Waals surface area (Å²) in [6, 6.07) is 5.88. The van der Waals surface area contributed by atoms with Gasteiger partial charge in [0.25, 0.3) is 5.91 Å². The number of H-pyrrole nitrogens is 1. The third kappa shape index (κ3) is 3.68. The van der Waals surface area contributed by atoms with E-state index in [0.29, 0.717) is 11.8 Å². The van der Waals surface area contributed by atoms with E-state index in [2.05, 4.69) is 30.8 Å². The quantitative estimate of drug-likeness (QED) is 0.463. The van der Waals surface area contributed by atoms with Crippen molar-refractivity contribution in [3.8, 4) is 0 Å². The molecule has 0 radical (unpaired) electrons. The summed E-state index contributed by atoms with van der Waals surface area (Å²) in [7, 11) is 0. The number of nitrogens with one attached hydrogen (secondary N) is 3. The number of amides is 1. The second-order valence-corrected chi connectivity index (χ2v) is 6.82. The van der Waals surface area contributed by atoms with Gasteiger partial charge < -0.3 is 22.1 Å². The Labute approximate surface area is 155 Å². The topological polar surface area (TPSA) is 148 Å². The van der Waals surface area contributed by atoms with E-state index < -0.39 is 5.91 Å². The Balaban J connectivity index is 1.61. The Morgan fingerprint density at radius 3 is 2.89 bits per heavy atom. The van der Waals surface area contributed by atoms with Gasteiger partial charge in [-0.3, -0.25) is 9.89 Å². The van der Waals surface area contributed by atoms with E-state index >= 15 is 0 Å². The van der Waals surface area contributed by atoms with Crippen molar-refractivity contribution in [2.45, 2.75) is 37.8 Å². The van der Waals surface area contributed by atoms with Crippen LogP contribution in [-0.4, -0.2) is 38.2 Å². The molecule has 2 atom stereocenters. The lowest BCUT2D eigenvalue weighted by Crippen LogP contribution is -2.43. The highest BCUT2D eigenvalue weighted by Gasteiger charge is 2.23. The molecule has 0 saturated heterocycles. The summed E-state index contributed by atoms with van der Waals surface area (Å²) < 4.78 is 0. The first kappa shape index (κ1) is 17.2. The van der Waals surface area contributed by atoms with Gasteiger partial charge in [-0.05, 0) is 31.0 Å². The van der Waals surface area contributed by atoms with Crippen molar-refractivity contribution < 1.29 is 4.79 Å². The number of nitrogens with zero attached hydrogens (tertiary/aromatic N) is 3. The highest BCUT2D eigenvalue weighted by atomic mass is 16.1. The molecular weight excluding hydrogens is 344 g/mol. The number of nitrogens with two attached hydrogens (primary N) is 2. The molecule has 140 valence electrons. The summed E-state index contributed by atoms with van der Waals surface area (Å²) in [5, 5.41) is 14.4. The molecule has 2 heterocycles. The Bertz CT molecular complexity index is 969. The number of aromatic amines is 1. The molecule has 27 heavy (non-hydrogen) atoms. The van der Waals surface area contributed by atoms with Crippen LogP contribution in [0.25, 0.3) is 10.9 Å². The monoisotopic (exact) mass is 366 g/mol. The molecule has 1 saturated carbocycles. The summed E-state index contributed by atoms with van der Waals surface area (Å²) in [4.78, 5) is 20.5. The van der Waals surface area contributed by atoms with Crippen LogP contribution in [0.1, 0.15) is 36.0 Å². The SMILES string of the molecule is NC(=O)c1cnc(N[C@@H]2CCCC[C@@H]2N)nc1Nc1ccc2cn[nH]c2c1. The van der Waals surface area contributed by atoms with Gasteiger partial charge in [0.05, 0.1) is 11.7 Å². The third-order valence-electron chi connectivity index (χ3n) is 4.89. The van der Waals surface area contributed by atoms with Crippen LogP contribution >= 0.6 is 0 Å². The molecule has 9 nitrogen and oxygen atoms in total. The van der Waals surface area contributed by atoms with Crippen molar-refractivity contribution >= 4 is 34.3 Å². The standard InChI is InChI=1S/C18H22N8O/c19-13-3-1-2-4-14(13)24-18-21-9-12(16(20)27)17(25-18)23-11-6-5-10-8-22-26-15(10)7-11/h5-9,13-14H,1-4,19H2,(H2,20,27)(H,22,26)(H2,21,23,24,25)/t13-,14+/m0/s1. The van der Waals surface area contributed by atoms with Crippen LogP contribution in [0.4, 0.5) is 17.5 Å². The van der Waals surface area contributed by atoms with Crippen molar-refractivity contribution in [1.82, 2.24) is 20.2 Å². The molecule has 0 spiro atoms. The van der Waals surface area contributed by atoms with E-state index in [1.165, 1.54) is 6.20 Å². The first-order valence-corrected chi connectivity index (χ1v) is 8.99. The number of carbonyl (C=O) groups excluding carboxylic acids is 1. The van der Waals surface area contributed by atoms with Gasteiger partial charge >= 0.3 is 0 Å². The molecule has 0 unspecified atom stereocenters. The molecule has 1 aliphatic carbocycles. The van der Waals surface area contributed by atoms with Crippen LogP contribution in [0, 0.1) is 0 Å². The summed E-state index contributed by atoms with van der Waals surface area (Å²) in [6.07, 6.45) is 7.40. The summed E-state index contributed by atoms with van der Waals surface area (Å²) in [5.74, 6) is 0.178. The van der Waals surface area contributed by atoms with E-state index in [1.54, 1.807) is 6.20 Å². The normalized spacial score (nSPS) is 19.7. The molecule has 3 aromatic rings. The van der Waals surface area contributed by atoms with Crippen molar-refractivity contribution in [1.29, 1.82) is 0 Å². The van der Waals surface area contributed by atoms with E-state index in [0.717, 1.165) is 42.3 Å².